The van der Waals surface area contributed by atoms with Crippen molar-refractivity contribution in [3.05, 3.63) is 96.0 Å². The van der Waals surface area contributed by atoms with E-state index in [1.165, 1.54) is 66.1 Å². The molecule has 0 aliphatic heterocycles. The van der Waals surface area contributed by atoms with E-state index in [9.17, 15) is 25.0 Å². The Balaban J connectivity index is 1.52. The highest BCUT2D eigenvalue weighted by Crippen LogP contribution is 2.39. The van der Waals surface area contributed by atoms with Crippen molar-refractivity contribution in [2.24, 2.45) is 5.10 Å². The number of rotatable bonds is 7. The Bertz CT molecular complexity index is 1530. The van der Waals surface area contributed by atoms with Gasteiger partial charge in [0.2, 0.25) is 0 Å². The van der Waals surface area contributed by atoms with Gasteiger partial charge in [-0.3, -0.25) is 25.0 Å². The molecule has 176 valence electrons. The van der Waals surface area contributed by atoms with Crippen LogP contribution in [-0.4, -0.2) is 27.0 Å². The van der Waals surface area contributed by atoms with E-state index in [2.05, 4.69) is 15.5 Å². The number of carbonyl (C=O) groups is 1. The number of thiazole rings is 1. The standard InChI is InChI=1S/C21H11Cl2N5O5S2/c22-12-2-4-14(15(23)8-12)20(29)26-24-10-11-1-6-18(17(7-11)28(32)33)34-21-25-16-5-3-13(27(30)31)9-19(16)35-21/h1-10H,(H,26,29). The van der Waals surface area contributed by atoms with Gasteiger partial charge in [-0.05, 0) is 30.3 Å². The van der Waals surface area contributed by atoms with Crippen LogP contribution >= 0.6 is 46.3 Å². The molecule has 0 aliphatic carbocycles. The number of nitro groups is 2. The van der Waals surface area contributed by atoms with Gasteiger partial charge in [0.1, 0.15) is 0 Å². The SMILES string of the molecule is O=C(NN=Cc1ccc(Sc2nc3ccc([N+](=O)[O-])cc3s2)c([N+](=O)[O-])c1)c1ccc(Cl)cc1Cl. The maximum Gasteiger partial charge on any atom is 0.283 e. The number of hydrogen-bond donors (Lipinski definition) is 1. The molecule has 35 heavy (non-hydrogen) atoms. The molecule has 4 rings (SSSR count). The molecule has 1 N–H and O–H groups in total. The number of benzene rings is 3. The van der Waals surface area contributed by atoms with Crippen LogP contribution in [0.25, 0.3) is 10.2 Å². The second-order valence-electron chi connectivity index (χ2n) is 6.80. The molecule has 1 heterocycles. The highest BCUT2D eigenvalue weighted by molar-refractivity contribution is 8.01. The Morgan fingerprint density at radius 1 is 1.06 bits per heavy atom. The Morgan fingerprint density at radius 2 is 1.86 bits per heavy atom. The fourth-order valence-electron chi connectivity index (χ4n) is 2.89. The van der Waals surface area contributed by atoms with Gasteiger partial charge in [-0.25, -0.2) is 10.4 Å². The maximum atomic E-state index is 12.2. The first-order chi connectivity index (χ1) is 16.7. The molecular weight excluding hydrogens is 537 g/mol. The maximum absolute atomic E-state index is 12.2. The van der Waals surface area contributed by atoms with Crippen molar-refractivity contribution in [3.8, 4) is 0 Å². The second-order valence-corrected chi connectivity index (χ2v) is 9.96. The highest BCUT2D eigenvalue weighted by atomic mass is 35.5. The van der Waals surface area contributed by atoms with Crippen LogP contribution in [-0.2, 0) is 0 Å². The summed E-state index contributed by atoms with van der Waals surface area (Å²) in [7, 11) is 0. The van der Waals surface area contributed by atoms with Gasteiger partial charge >= 0.3 is 0 Å². The molecule has 0 saturated heterocycles. The van der Waals surface area contributed by atoms with E-state index >= 15 is 0 Å². The van der Waals surface area contributed by atoms with E-state index in [1.807, 2.05) is 0 Å². The van der Waals surface area contributed by atoms with Gasteiger partial charge in [0.15, 0.2) is 4.34 Å². The summed E-state index contributed by atoms with van der Waals surface area (Å²) in [5.74, 6) is -0.569. The summed E-state index contributed by atoms with van der Waals surface area (Å²) in [4.78, 5) is 38.5. The van der Waals surface area contributed by atoms with Gasteiger partial charge in [0, 0.05) is 28.8 Å². The van der Waals surface area contributed by atoms with Crippen molar-refractivity contribution in [3.63, 3.8) is 0 Å². The number of hydrazone groups is 1. The number of carbonyl (C=O) groups excluding carboxylic acids is 1. The van der Waals surface area contributed by atoms with E-state index in [4.69, 9.17) is 23.2 Å². The number of nitrogens with zero attached hydrogens (tertiary/aromatic N) is 4. The normalized spacial score (nSPS) is 11.1. The fraction of sp³-hybridized carbons (Fsp3) is 0. The Morgan fingerprint density at radius 3 is 2.57 bits per heavy atom. The number of fused-ring (bicyclic) bond motifs is 1. The molecule has 0 bridgehead atoms. The fourth-order valence-corrected chi connectivity index (χ4v) is 5.52. The van der Waals surface area contributed by atoms with E-state index in [0.717, 1.165) is 11.8 Å². The predicted molar refractivity (Wildman–Crippen MR) is 135 cm³/mol. The molecule has 0 radical (unpaired) electrons. The first kappa shape index (κ1) is 24.5. The van der Waals surface area contributed by atoms with Crippen molar-refractivity contribution < 1.29 is 14.6 Å². The molecule has 1 aromatic heterocycles. The molecule has 4 aromatic rings. The van der Waals surface area contributed by atoms with Gasteiger partial charge in [0.25, 0.3) is 17.3 Å². The van der Waals surface area contributed by atoms with Crippen LogP contribution in [0.4, 0.5) is 11.4 Å². The lowest BCUT2D eigenvalue weighted by molar-refractivity contribution is -0.387. The summed E-state index contributed by atoms with van der Waals surface area (Å²) in [6.45, 7) is 0. The van der Waals surface area contributed by atoms with E-state index in [1.54, 1.807) is 6.07 Å². The molecule has 0 spiro atoms. The summed E-state index contributed by atoms with van der Waals surface area (Å²) in [5.41, 5.74) is 3.18. The summed E-state index contributed by atoms with van der Waals surface area (Å²) in [5, 5.41) is 27.0. The van der Waals surface area contributed by atoms with Gasteiger partial charge in [0.05, 0.1) is 41.8 Å². The van der Waals surface area contributed by atoms with Crippen LogP contribution in [0.3, 0.4) is 0 Å². The molecule has 0 aliphatic rings. The molecule has 0 atom stereocenters. The average molecular weight is 548 g/mol. The third kappa shape index (κ3) is 5.74. The van der Waals surface area contributed by atoms with Crippen molar-refractivity contribution in [2.45, 2.75) is 9.24 Å². The van der Waals surface area contributed by atoms with Gasteiger partial charge in [-0.15, -0.1) is 11.3 Å². The van der Waals surface area contributed by atoms with Crippen LogP contribution in [0.1, 0.15) is 15.9 Å². The van der Waals surface area contributed by atoms with Crippen LogP contribution in [0.2, 0.25) is 10.0 Å². The van der Waals surface area contributed by atoms with Crippen molar-refractivity contribution in [2.75, 3.05) is 0 Å². The van der Waals surface area contributed by atoms with Gasteiger partial charge in [-0.1, -0.05) is 41.0 Å². The third-order valence-corrected chi connectivity index (χ3v) is 7.19. The topological polar surface area (TPSA) is 141 Å². The lowest BCUT2D eigenvalue weighted by Crippen LogP contribution is -2.18. The molecule has 10 nitrogen and oxygen atoms in total. The van der Waals surface area contributed by atoms with Crippen molar-refractivity contribution >= 4 is 80.0 Å². The first-order valence-electron chi connectivity index (χ1n) is 9.51. The molecule has 14 heteroatoms. The minimum absolute atomic E-state index is 0.0576. The largest absolute Gasteiger partial charge is 0.283 e. The number of non-ortho nitro benzene ring substituents is 1. The zero-order valence-corrected chi connectivity index (χ0v) is 20.3. The minimum atomic E-state index is -0.569. The lowest BCUT2D eigenvalue weighted by atomic mass is 10.2. The van der Waals surface area contributed by atoms with Crippen molar-refractivity contribution in [1.82, 2.24) is 10.4 Å². The number of nitrogens with one attached hydrogen (secondary N) is 1. The molecule has 1 amide bonds. The molecule has 0 saturated carbocycles. The Kier molecular flexibility index (Phi) is 7.26. The van der Waals surface area contributed by atoms with E-state index in [-0.39, 0.29) is 22.0 Å². The number of hydrogen-bond acceptors (Lipinski definition) is 9. The smallest absolute Gasteiger partial charge is 0.267 e. The van der Waals surface area contributed by atoms with Crippen LogP contribution in [0, 0.1) is 20.2 Å². The summed E-state index contributed by atoms with van der Waals surface area (Å²) in [6, 6.07) is 13.1. The van der Waals surface area contributed by atoms with Gasteiger partial charge in [-0.2, -0.15) is 5.10 Å². The first-order valence-corrected chi connectivity index (χ1v) is 11.9. The molecule has 3 aromatic carbocycles. The highest BCUT2D eigenvalue weighted by Gasteiger charge is 2.18. The van der Waals surface area contributed by atoms with Crippen molar-refractivity contribution in [1.29, 1.82) is 0 Å². The molecule has 0 fully saturated rings. The predicted octanol–water partition coefficient (Wildman–Crippen LogP) is 6.33. The van der Waals surface area contributed by atoms with E-state index in [0.29, 0.717) is 30.0 Å². The number of aromatic nitrogens is 1. The van der Waals surface area contributed by atoms with Gasteiger partial charge < -0.3 is 0 Å². The van der Waals surface area contributed by atoms with Crippen LogP contribution in [0.15, 0.2) is 68.9 Å². The van der Waals surface area contributed by atoms with Crippen LogP contribution in [0.5, 0.6) is 0 Å². The second kappa shape index (κ2) is 10.4. The quantitative estimate of drug-likeness (QED) is 0.162. The summed E-state index contributed by atoms with van der Waals surface area (Å²) >= 11 is 14.1. The summed E-state index contributed by atoms with van der Waals surface area (Å²) < 4.78 is 1.10. The summed E-state index contributed by atoms with van der Waals surface area (Å²) in [6.07, 6.45) is 1.26. The minimum Gasteiger partial charge on any atom is -0.267 e. The average Bonchev–Trinajstić information content (AvgIpc) is 3.21. The Hall–Kier alpha value is -3.58. The zero-order chi connectivity index (χ0) is 25.1. The number of halogens is 2. The van der Waals surface area contributed by atoms with Crippen LogP contribution < -0.4 is 5.43 Å². The number of nitro benzene ring substituents is 2. The van der Waals surface area contributed by atoms with E-state index < -0.39 is 15.8 Å². The lowest BCUT2D eigenvalue weighted by Gasteiger charge is -2.03. The number of amides is 1. The Labute approximate surface area is 214 Å². The zero-order valence-electron chi connectivity index (χ0n) is 17.2. The third-order valence-electron chi connectivity index (χ3n) is 4.50. The monoisotopic (exact) mass is 547 g/mol. The molecular formula is C21H11Cl2N5O5S2. The molecule has 0 unspecified atom stereocenters.